The molecule has 4 rings (SSSR count). The molecule has 43 heavy (non-hydrogen) atoms. The first-order valence-electron chi connectivity index (χ1n) is 12.8. The highest BCUT2D eigenvalue weighted by atomic mass is 35.5. The number of halogens is 4. The lowest BCUT2D eigenvalue weighted by atomic mass is 10.0. The van der Waals surface area contributed by atoms with Crippen LogP contribution in [0.1, 0.15) is 45.6 Å². The van der Waals surface area contributed by atoms with E-state index in [0.717, 1.165) is 12.1 Å². The van der Waals surface area contributed by atoms with Crippen LogP contribution in [-0.2, 0) is 28.7 Å². The lowest BCUT2D eigenvalue weighted by Gasteiger charge is -2.16. The Morgan fingerprint density at radius 1 is 1.02 bits per heavy atom. The first-order chi connectivity index (χ1) is 20.4. The van der Waals surface area contributed by atoms with Gasteiger partial charge >= 0.3 is 18.2 Å². The zero-order chi connectivity index (χ0) is 31.1. The van der Waals surface area contributed by atoms with Crippen LogP contribution in [0.5, 0.6) is 0 Å². The molecule has 0 bridgehead atoms. The van der Waals surface area contributed by atoms with Crippen LogP contribution >= 0.6 is 11.6 Å². The number of hydrogen-bond donors (Lipinski definition) is 3. The molecule has 1 heterocycles. The number of carbonyl (C=O) groups excluding carboxylic acids is 2. The molecule has 2 atom stereocenters. The van der Waals surface area contributed by atoms with E-state index in [2.05, 4.69) is 15.8 Å². The van der Waals surface area contributed by atoms with Crippen LogP contribution in [0.15, 0.2) is 83.6 Å². The van der Waals surface area contributed by atoms with Crippen molar-refractivity contribution in [1.82, 2.24) is 15.8 Å². The predicted octanol–water partition coefficient (Wildman–Crippen LogP) is 6.43. The summed E-state index contributed by atoms with van der Waals surface area (Å²) in [6, 6.07) is 15.7. The molecule has 224 valence electrons. The van der Waals surface area contributed by atoms with E-state index in [-0.39, 0.29) is 18.5 Å². The lowest BCUT2D eigenvalue weighted by molar-refractivity contribution is -0.139. The molecule has 0 radical (unpaired) electrons. The summed E-state index contributed by atoms with van der Waals surface area (Å²) in [4.78, 5) is 36.9. The van der Waals surface area contributed by atoms with Gasteiger partial charge in [-0.25, -0.2) is 9.59 Å². The summed E-state index contributed by atoms with van der Waals surface area (Å²) in [6.07, 6.45) is -4.66. The number of ether oxygens (including phenoxy) is 1. The Balaban J connectivity index is 1.35. The third-order valence-corrected chi connectivity index (χ3v) is 6.78. The Kier molecular flexibility index (Phi) is 9.71. The van der Waals surface area contributed by atoms with Gasteiger partial charge in [-0.05, 0) is 42.8 Å². The zero-order valence-corrected chi connectivity index (χ0v) is 23.3. The van der Waals surface area contributed by atoms with Gasteiger partial charge in [-0.15, -0.1) is 0 Å². The summed E-state index contributed by atoms with van der Waals surface area (Å²) in [7, 11) is 0. The van der Waals surface area contributed by atoms with Gasteiger partial charge in [0, 0.05) is 33.7 Å². The number of aliphatic carboxylic acids is 1. The first-order valence-corrected chi connectivity index (χ1v) is 13.2. The fourth-order valence-electron chi connectivity index (χ4n) is 4.15. The highest BCUT2D eigenvalue weighted by Gasteiger charge is 2.30. The number of alkyl halides is 3. The van der Waals surface area contributed by atoms with Crippen molar-refractivity contribution in [2.45, 2.75) is 38.2 Å². The smallest absolute Gasteiger partial charge is 0.416 e. The van der Waals surface area contributed by atoms with Crippen molar-refractivity contribution in [2.24, 2.45) is 0 Å². The number of hydrogen-bond acceptors (Lipinski definition) is 6. The summed E-state index contributed by atoms with van der Waals surface area (Å²) in [5.74, 6) is -2.03. The Morgan fingerprint density at radius 2 is 1.70 bits per heavy atom. The number of alkyl carbamates (subject to hydrolysis) is 1. The Labute approximate surface area is 248 Å². The highest BCUT2D eigenvalue weighted by molar-refractivity contribution is 6.31. The van der Waals surface area contributed by atoms with Crippen LogP contribution in [0.4, 0.5) is 18.0 Å². The van der Waals surface area contributed by atoms with E-state index in [1.165, 1.54) is 30.5 Å². The molecule has 3 N–H and O–H groups in total. The van der Waals surface area contributed by atoms with Crippen LogP contribution in [0.25, 0.3) is 11.3 Å². The normalized spacial score (nSPS) is 12.7. The quantitative estimate of drug-likeness (QED) is 0.187. The number of carbonyl (C=O) groups is 3. The number of nitrogens with zero attached hydrogens (tertiary/aromatic N) is 1. The first kappa shape index (κ1) is 31.1. The minimum atomic E-state index is -4.52. The van der Waals surface area contributed by atoms with Crippen LogP contribution in [0.3, 0.4) is 0 Å². The van der Waals surface area contributed by atoms with Gasteiger partial charge in [0.1, 0.15) is 24.1 Å². The fourth-order valence-corrected chi connectivity index (χ4v) is 4.43. The van der Waals surface area contributed by atoms with E-state index in [1.54, 1.807) is 43.3 Å². The summed E-state index contributed by atoms with van der Waals surface area (Å²) < 4.78 is 48.9. The predicted molar refractivity (Wildman–Crippen MR) is 149 cm³/mol. The van der Waals surface area contributed by atoms with Gasteiger partial charge in [0.25, 0.3) is 5.91 Å². The largest absolute Gasteiger partial charge is 0.480 e. The number of carboxylic acids is 1. The summed E-state index contributed by atoms with van der Waals surface area (Å²) in [6.45, 7) is 1.72. The van der Waals surface area contributed by atoms with Gasteiger partial charge in [0.2, 0.25) is 0 Å². The lowest BCUT2D eigenvalue weighted by Crippen LogP contribution is -2.42. The molecule has 0 aliphatic heterocycles. The molecule has 1 aromatic heterocycles. The van der Waals surface area contributed by atoms with Gasteiger partial charge < -0.3 is 25.0 Å². The highest BCUT2D eigenvalue weighted by Crippen LogP contribution is 2.29. The van der Waals surface area contributed by atoms with Crippen LogP contribution < -0.4 is 10.6 Å². The molecule has 0 aliphatic rings. The molecule has 9 nitrogen and oxygen atoms in total. The number of nitrogens with one attached hydrogen (secondary N) is 2. The molecule has 0 spiro atoms. The third-order valence-electron chi connectivity index (χ3n) is 6.44. The van der Waals surface area contributed by atoms with E-state index in [0.29, 0.717) is 33.0 Å². The standard InChI is InChI=1S/C30H25ClF3N3O6/c1-17(23-4-2-3-5-24(23)31)43-29(41)35-15-21-16-42-37-26(21)19-8-10-20(11-9-19)27(38)36-25(28(39)40)14-18-6-12-22(13-7-18)30(32,33)34/h2-13,16-17,25H,14-15H2,1H3,(H,35,41)(H,36,38)(H,39,40). The van der Waals surface area contributed by atoms with Crippen LogP contribution in [0, 0.1) is 0 Å². The summed E-state index contributed by atoms with van der Waals surface area (Å²) >= 11 is 6.15. The maximum Gasteiger partial charge on any atom is 0.416 e. The van der Waals surface area contributed by atoms with Crippen molar-refractivity contribution in [3.63, 3.8) is 0 Å². The second-order valence-corrected chi connectivity index (χ2v) is 9.86. The number of rotatable bonds is 10. The third kappa shape index (κ3) is 8.13. The second-order valence-electron chi connectivity index (χ2n) is 9.45. The van der Waals surface area contributed by atoms with E-state index in [4.69, 9.17) is 20.9 Å². The van der Waals surface area contributed by atoms with Gasteiger partial charge in [0.05, 0.1) is 12.1 Å². The van der Waals surface area contributed by atoms with E-state index in [9.17, 15) is 32.7 Å². The van der Waals surface area contributed by atoms with Gasteiger partial charge in [-0.2, -0.15) is 13.2 Å². The molecule has 0 aliphatic carbocycles. The minimum absolute atomic E-state index is 0.0272. The average molecular weight is 616 g/mol. The van der Waals surface area contributed by atoms with Crippen molar-refractivity contribution in [3.8, 4) is 11.3 Å². The van der Waals surface area contributed by atoms with Crippen molar-refractivity contribution in [3.05, 3.63) is 112 Å². The molecule has 4 aromatic rings. The van der Waals surface area contributed by atoms with E-state index >= 15 is 0 Å². The Morgan fingerprint density at radius 3 is 2.33 bits per heavy atom. The summed E-state index contributed by atoms with van der Waals surface area (Å²) in [5, 5.41) is 19.0. The molecule has 2 unspecified atom stereocenters. The monoisotopic (exact) mass is 615 g/mol. The summed E-state index contributed by atoms with van der Waals surface area (Å²) in [5.41, 5.74) is 1.73. The molecule has 3 aromatic carbocycles. The topological polar surface area (TPSA) is 131 Å². The SMILES string of the molecule is CC(OC(=O)NCc1conc1-c1ccc(C(=O)NC(Cc2ccc(C(F)(F)F)cc2)C(=O)O)cc1)c1ccccc1Cl. The van der Waals surface area contributed by atoms with Gasteiger partial charge in [0.15, 0.2) is 0 Å². The molecular formula is C30H25ClF3N3O6. The van der Waals surface area contributed by atoms with Gasteiger partial charge in [-0.3, -0.25) is 4.79 Å². The molecule has 0 saturated carbocycles. The number of amides is 2. The molecule has 13 heteroatoms. The molecule has 2 amide bonds. The van der Waals surface area contributed by atoms with Crippen LogP contribution in [-0.4, -0.2) is 34.3 Å². The number of benzene rings is 3. The maximum atomic E-state index is 12.8. The van der Waals surface area contributed by atoms with Crippen LogP contribution in [0.2, 0.25) is 5.02 Å². The van der Waals surface area contributed by atoms with Crippen molar-refractivity contribution >= 4 is 29.6 Å². The fraction of sp³-hybridized carbons (Fsp3) is 0.200. The maximum absolute atomic E-state index is 12.8. The van der Waals surface area contributed by atoms with Crippen molar-refractivity contribution in [2.75, 3.05) is 0 Å². The molecular weight excluding hydrogens is 591 g/mol. The zero-order valence-electron chi connectivity index (χ0n) is 22.5. The van der Waals surface area contributed by atoms with E-state index < -0.39 is 41.9 Å². The Hall–Kier alpha value is -4.84. The van der Waals surface area contributed by atoms with Gasteiger partial charge in [-0.1, -0.05) is 59.2 Å². The van der Waals surface area contributed by atoms with E-state index in [1.807, 2.05) is 0 Å². The average Bonchev–Trinajstić information content (AvgIpc) is 3.44. The number of aromatic nitrogens is 1. The van der Waals surface area contributed by atoms with Crippen molar-refractivity contribution < 1.29 is 41.9 Å². The second kappa shape index (κ2) is 13.4. The molecule has 0 saturated heterocycles. The molecule has 0 fully saturated rings. The van der Waals surface area contributed by atoms with Crippen molar-refractivity contribution in [1.29, 1.82) is 0 Å². The Bertz CT molecular complexity index is 1590. The minimum Gasteiger partial charge on any atom is -0.480 e. The number of carboxylic acid groups (broad SMARTS) is 1.